The van der Waals surface area contributed by atoms with Crippen LogP contribution in [0.3, 0.4) is 0 Å². The van der Waals surface area contributed by atoms with Gasteiger partial charge in [-0.05, 0) is 42.2 Å². The summed E-state index contributed by atoms with van der Waals surface area (Å²) in [5.74, 6) is -0.880. The molecule has 1 spiro atoms. The molecule has 9 heteroatoms. The summed E-state index contributed by atoms with van der Waals surface area (Å²) in [5.41, 5.74) is 6.16. The molecule has 3 aliphatic rings. The number of benzene rings is 1. The summed E-state index contributed by atoms with van der Waals surface area (Å²) in [5, 5.41) is 8.80. The lowest BCUT2D eigenvalue weighted by molar-refractivity contribution is -0.140. The molecule has 1 aromatic rings. The Hall–Kier alpha value is -2.94. The summed E-state index contributed by atoms with van der Waals surface area (Å²) in [6.07, 6.45) is 1.66. The monoisotopic (exact) mass is 511 g/mol. The Kier molecular flexibility index (Phi) is 6.90. The molecular weight excluding hydrogens is 470 g/mol. The number of amides is 4. The third-order valence-corrected chi connectivity index (χ3v) is 8.08. The van der Waals surface area contributed by atoms with Gasteiger partial charge in [-0.15, -0.1) is 0 Å². The van der Waals surface area contributed by atoms with E-state index in [0.717, 1.165) is 24.1 Å². The number of fused-ring (bicyclic) bond motifs is 2. The Balaban J connectivity index is 1.54. The topological polar surface area (TPSA) is 134 Å². The largest absolute Gasteiger partial charge is 0.343 e. The number of nitrogens with zero attached hydrogens (tertiary/aromatic N) is 1. The number of carbonyl (C=O) groups is 4. The van der Waals surface area contributed by atoms with Crippen LogP contribution in [0.4, 0.5) is 5.69 Å². The van der Waals surface area contributed by atoms with Crippen LogP contribution in [-0.4, -0.2) is 53.3 Å². The Morgan fingerprint density at radius 1 is 1.16 bits per heavy atom. The highest BCUT2D eigenvalue weighted by molar-refractivity contribution is 6.07. The van der Waals surface area contributed by atoms with Crippen molar-refractivity contribution in [2.45, 2.75) is 90.9 Å². The lowest BCUT2D eigenvalue weighted by Gasteiger charge is -2.34. The molecule has 2 heterocycles. The van der Waals surface area contributed by atoms with Crippen molar-refractivity contribution in [3.63, 3.8) is 0 Å². The fraction of sp³-hybridized carbons (Fsp3) is 0.643. The first-order chi connectivity index (χ1) is 17.2. The van der Waals surface area contributed by atoms with Gasteiger partial charge in [-0.1, -0.05) is 59.7 Å². The average molecular weight is 512 g/mol. The predicted octanol–water partition coefficient (Wildman–Crippen LogP) is 2.26. The molecule has 1 aromatic carbocycles. The number of likely N-dealkylation sites (tertiary alicyclic amines) is 1. The molecule has 1 saturated carbocycles. The second kappa shape index (κ2) is 9.42. The molecule has 4 atom stereocenters. The van der Waals surface area contributed by atoms with Crippen LogP contribution in [0.2, 0.25) is 0 Å². The van der Waals surface area contributed by atoms with Crippen LogP contribution in [0.5, 0.6) is 0 Å². The zero-order valence-electron chi connectivity index (χ0n) is 22.8. The maximum absolute atomic E-state index is 13.9. The molecule has 5 N–H and O–H groups in total. The lowest BCUT2D eigenvalue weighted by atomic mass is 9.80. The van der Waals surface area contributed by atoms with Crippen LogP contribution in [0, 0.1) is 16.7 Å². The van der Waals surface area contributed by atoms with Crippen LogP contribution in [0.1, 0.15) is 72.8 Å². The fourth-order valence-electron chi connectivity index (χ4n) is 5.46. The fourth-order valence-corrected chi connectivity index (χ4v) is 5.46. The molecule has 2 fully saturated rings. The third kappa shape index (κ3) is 5.10. The molecule has 0 radical (unpaired) electrons. The van der Waals surface area contributed by atoms with Gasteiger partial charge in [0, 0.05) is 24.1 Å². The molecule has 0 unspecified atom stereocenters. The van der Waals surface area contributed by atoms with Crippen molar-refractivity contribution in [2.75, 3.05) is 11.9 Å². The second-order valence-electron chi connectivity index (χ2n) is 12.8. The quantitative estimate of drug-likeness (QED) is 0.446. The maximum atomic E-state index is 13.9. The zero-order valence-corrected chi connectivity index (χ0v) is 22.8. The number of anilines is 1. The second-order valence-corrected chi connectivity index (χ2v) is 12.8. The molecule has 9 nitrogen and oxygen atoms in total. The minimum absolute atomic E-state index is 0.116. The minimum atomic E-state index is -0.903. The minimum Gasteiger partial charge on any atom is -0.343 e. The number of hydrogen-bond acceptors (Lipinski definition) is 5. The van der Waals surface area contributed by atoms with Gasteiger partial charge in [0.25, 0.3) is 0 Å². The third-order valence-electron chi connectivity index (χ3n) is 8.08. The van der Waals surface area contributed by atoms with Gasteiger partial charge in [0.05, 0.1) is 11.6 Å². The van der Waals surface area contributed by atoms with Crippen molar-refractivity contribution in [3.05, 3.63) is 29.8 Å². The van der Waals surface area contributed by atoms with E-state index in [-0.39, 0.29) is 30.2 Å². The van der Waals surface area contributed by atoms with Gasteiger partial charge < -0.3 is 26.6 Å². The molecule has 37 heavy (non-hydrogen) atoms. The molecule has 2 aliphatic heterocycles. The number of carbonyl (C=O) groups excluding carboxylic acids is 4. The van der Waals surface area contributed by atoms with Gasteiger partial charge in [0.1, 0.15) is 12.1 Å². The Labute approximate surface area is 219 Å². The molecule has 1 aliphatic carbocycles. The molecular formula is C28H41N5O4. The highest BCUT2D eigenvalue weighted by Gasteiger charge is 2.55. The number of hydrogen-bond donors (Lipinski definition) is 4. The van der Waals surface area contributed by atoms with Gasteiger partial charge in [-0.2, -0.15) is 0 Å². The van der Waals surface area contributed by atoms with E-state index in [1.165, 1.54) is 4.90 Å². The van der Waals surface area contributed by atoms with Crippen LogP contribution in [-0.2, 0) is 24.6 Å². The summed E-state index contributed by atoms with van der Waals surface area (Å²) in [4.78, 5) is 54.8. The average Bonchev–Trinajstić information content (AvgIpc) is 3.37. The summed E-state index contributed by atoms with van der Waals surface area (Å²) >= 11 is 0. The molecule has 1 saturated heterocycles. The van der Waals surface area contributed by atoms with E-state index < -0.39 is 40.4 Å². The van der Waals surface area contributed by atoms with Crippen molar-refractivity contribution in [1.82, 2.24) is 15.5 Å². The summed E-state index contributed by atoms with van der Waals surface area (Å²) < 4.78 is 0. The number of rotatable bonds is 7. The van der Waals surface area contributed by atoms with Crippen molar-refractivity contribution in [3.8, 4) is 0 Å². The molecule has 202 valence electrons. The molecule has 4 amide bonds. The highest BCUT2D eigenvalue weighted by atomic mass is 16.2. The first-order valence-corrected chi connectivity index (χ1v) is 13.3. The predicted molar refractivity (Wildman–Crippen MR) is 141 cm³/mol. The SMILES string of the molecule is CC(C)C[C@H](NC(=O)[C@@H](NC(=O)C1(C)CC1)C(C)(C)C)C(=O)N1C[C@]2(C[C@H]1N)C(=O)Nc1ccccc12. The first-order valence-electron chi connectivity index (χ1n) is 13.3. The Morgan fingerprint density at radius 3 is 2.41 bits per heavy atom. The number of nitrogens with one attached hydrogen (secondary N) is 3. The van der Waals surface area contributed by atoms with E-state index >= 15 is 0 Å². The van der Waals surface area contributed by atoms with Crippen LogP contribution in [0.25, 0.3) is 0 Å². The molecule has 0 aromatic heterocycles. The van der Waals surface area contributed by atoms with Gasteiger partial charge in [-0.25, -0.2) is 0 Å². The smallest absolute Gasteiger partial charge is 0.246 e. The highest BCUT2D eigenvalue weighted by Crippen LogP contribution is 2.46. The van der Waals surface area contributed by atoms with E-state index in [4.69, 9.17) is 5.73 Å². The number of nitrogens with two attached hydrogens (primary N) is 1. The van der Waals surface area contributed by atoms with E-state index in [9.17, 15) is 19.2 Å². The van der Waals surface area contributed by atoms with Crippen LogP contribution < -0.4 is 21.7 Å². The first kappa shape index (κ1) is 27.1. The van der Waals surface area contributed by atoms with Gasteiger partial charge in [0.15, 0.2) is 0 Å². The normalized spacial score (nSPS) is 25.5. The van der Waals surface area contributed by atoms with Crippen molar-refractivity contribution in [1.29, 1.82) is 0 Å². The molecule has 4 rings (SSSR count). The number of para-hydroxylation sites is 1. The Morgan fingerprint density at radius 2 is 1.81 bits per heavy atom. The van der Waals surface area contributed by atoms with Gasteiger partial charge in [-0.3, -0.25) is 19.2 Å². The lowest BCUT2D eigenvalue weighted by Crippen LogP contribution is -2.59. The maximum Gasteiger partial charge on any atom is 0.246 e. The Bertz CT molecular complexity index is 1110. The van der Waals surface area contributed by atoms with Crippen LogP contribution in [0.15, 0.2) is 24.3 Å². The van der Waals surface area contributed by atoms with Gasteiger partial charge in [0.2, 0.25) is 23.6 Å². The summed E-state index contributed by atoms with van der Waals surface area (Å²) in [6, 6.07) is 5.86. The van der Waals surface area contributed by atoms with Crippen molar-refractivity contribution >= 4 is 29.3 Å². The van der Waals surface area contributed by atoms with E-state index in [1.54, 1.807) is 0 Å². The zero-order chi connectivity index (χ0) is 27.3. The van der Waals surface area contributed by atoms with Crippen molar-refractivity contribution in [2.24, 2.45) is 22.5 Å². The standard InChI is InChI=1S/C28H41N5O4/c1-16(2)13-19(30-22(34)21(26(3,4)5)32-24(36)27(6)11-12-27)23(35)33-15-28(14-20(33)29)17-9-7-8-10-18(17)31-25(28)37/h7-10,16,19-21H,11-15,29H2,1-6H3,(H,30,34)(H,31,37)(H,32,36)/t19-,20-,21+,28-/m0/s1. The van der Waals surface area contributed by atoms with E-state index in [1.807, 2.05) is 65.8 Å². The summed E-state index contributed by atoms with van der Waals surface area (Å²) in [7, 11) is 0. The van der Waals surface area contributed by atoms with Crippen molar-refractivity contribution < 1.29 is 19.2 Å². The van der Waals surface area contributed by atoms with Gasteiger partial charge >= 0.3 is 0 Å². The van der Waals surface area contributed by atoms with Crippen LogP contribution >= 0.6 is 0 Å². The summed E-state index contributed by atoms with van der Waals surface area (Å²) in [6.45, 7) is 11.7. The van der Waals surface area contributed by atoms with E-state index in [0.29, 0.717) is 12.8 Å². The molecule has 0 bridgehead atoms. The van der Waals surface area contributed by atoms with E-state index in [2.05, 4.69) is 16.0 Å².